The molecule has 2 aromatic carbocycles. The van der Waals surface area contributed by atoms with Crippen LogP contribution in [0.15, 0.2) is 42.5 Å². The molecule has 6 heteroatoms. The van der Waals surface area contributed by atoms with E-state index in [1.54, 1.807) is 24.3 Å². The van der Waals surface area contributed by atoms with E-state index in [1.807, 2.05) is 39.0 Å². The van der Waals surface area contributed by atoms with Crippen LogP contribution in [0.1, 0.15) is 16.7 Å². The van der Waals surface area contributed by atoms with Crippen LogP contribution in [0.2, 0.25) is 0 Å². The summed E-state index contributed by atoms with van der Waals surface area (Å²) in [4.78, 5) is 35.6. The second-order valence-corrected chi connectivity index (χ2v) is 5.80. The zero-order valence-electron chi connectivity index (χ0n) is 14.5. The highest BCUT2D eigenvalue weighted by Gasteiger charge is 2.15. The van der Waals surface area contributed by atoms with Crippen LogP contribution in [0.4, 0.5) is 11.4 Å². The lowest BCUT2D eigenvalue weighted by molar-refractivity contribution is -0.136. The van der Waals surface area contributed by atoms with E-state index in [0.717, 1.165) is 16.7 Å². The Morgan fingerprint density at radius 2 is 1.52 bits per heavy atom. The second-order valence-electron chi connectivity index (χ2n) is 5.80. The number of para-hydroxylation sites is 1. The average Bonchev–Trinajstić information content (AvgIpc) is 2.58. The number of aryl methyl sites for hydroxylation is 3. The minimum atomic E-state index is -0.863. The highest BCUT2D eigenvalue weighted by Crippen LogP contribution is 2.14. The first-order chi connectivity index (χ1) is 11.9. The van der Waals surface area contributed by atoms with E-state index >= 15 is 0 Å². The summed E-state index contributed by atoms with van der Waals surface area (Å²) in [6, 6.07) is 12.7. The molecule has 0 fully saturated rings. The molecule has 130 valence electrons. The number of hydrogen-bond acceptors (Lipinski definition) is 3. The van der Waals surface area contributed by atoms with Gasteiger partial charge in [0.1, 0.15) is 0 Å². The lowest BCUT2D eigenvalue weighted by Crippen LogP contribution is -2.39. The summed E-state index contributed by atoms with van der Waals surface area (Å²) in [5, 5.41) is 7.50. The maximum atomic E-state index is 11.9. The second kappa shape index (κ2) is 8.10. The van der Waals surface area contributed by atoms with Gasteiger partial charge in [0.2, 0.25) is 5.91 Å². The summed E-state index contributed by atoms with van der Waals surface area (Å²) in [6.45, 7) is 5.46. The van der Waals surface area contributed by atoms with Crippen molar-refractivity contribution in [1.82, 2.24) is 5.32 Å². The van der Waals surface area contributed by atoms with Crippen LogP contribution in [0.25, 0.3) is 0 Å². The highest BCUT2D eigenvalue weighted by atomic mass is 16.2. The predicted octanol–water partition coefficient (Wildman–Crippen LogP) is 2.31. The molecule has 0 atom stereocenters. The van der Waals surface area contributed by atoms with Gasteiger partial charge in [-0.1, -0.05) is 24.3 Å². The van der Waals surface area contributed by atoms with Crippen LogP contribution in [0.5, 0.6) is 0 Å². The molecule has 0 bridgehead atoms. The Bertz CT molecular complexity index is 815. The number of carbonyl (C=O) groups excluding carboxylic acids is 3. The summed E-state index contributed by atoms with van der Waals surface area (Å²) in [5.41, 5.74) is 4.22. The number of rotatable bonds is 4. The number of nitrogens with one attached hydrogen (secondary N) is 3. The topological polar surface area (TPSA) is 87.3 Å². The van der Waals surface area contributed by atoms with E-state index in [9.17, 15) is 14.4 Å². The first kappa shape index (κ1) is 18.2. The van der Waals surface area contributed by atoms with Crippen molar-refractivity contribution in [3.8, 4) is 0 Å². The SMILES string of the molecule is Cc1ccc(NC(=O)C(=O)NCC(=O)Nc2ccccc2C)cc1C. The fourth-order valence-electron chi connectivity index (χ4n) is 2.16. The molecule has 0 spiro atoms. The fourth-order valence-corrected chi connectivity index (χ4v) is 2.16. The van der Waals surface area contributed by atoms with E-state index < -0.39 is 17.7 Å². The molecular weight excluding hydrogens is 318 g/mol. The van der Waals surface area contributed by atoms with Crippen LogP contribution in [0.3, 0.4) is 0 Å². The van der Waals surface area contributed by atoms with Crippen molar-refractivity contribution < 1.29 is 14.4 Å². The average molecular weight is 339 g/mol. The summed E-state index contributed by atoms with van der Waals surface area (Å²) in [6.07, 6.45) is 0. The van der Waals surface area contributed by atoms with Gasteiger partial charge in [-0.3, -0.25) is 14.4 Å². The molecule has 0 aliphatic carbocycles. The molecule has 0 saturated heterocycles. The molecule has 0 radical (unpaired) electrons. The molecule has 3 amide bonds. The number of hydrogen-bond donors (Lipinski definition) is 3. The normalized spacial score (nSPS) is 10.0. The molecule has 0 aliphatic rings. The van der Waals surface area contributed by atoms with Crippen LogP contribution in [-0.2, 0) is 14.4 Å². The molecule has 0 aliphatic heterocycles. The predicted molar refractivity (Wildman–Crippen MR) is 97.4 cm³/mol. The third-order valence-electron chi connectivity index (χ3n) is 3.80. The van der Waals surface area contributed by atoms with Crippen LogP contribution in [0, 0.1) is 20.8 Å². The molecule has 6 nitrogen and oxygen atoms in total. The number of benzene rings is 2. The van der Waals surface area contributed by atoms with E-state index in [2.05, 4.69) is 16.0 Å². The van der Waals surface area contributed by atoms with Gasteiger partial charge in [-0.25, -0.2) is 0 Å². The lowest BCUT2D eigenvalue weighted by Gasteiger charge is -2.10. The van der Waals surface area contributed by atoms with E-state index in [1.165, 1.54) is 0 Å². The number of carbonyl (C=O) groups is 3. The largest absolute Gasteiger partial charge is 0.339 e. The Kier molecular flexibility index (Phi) is 5.89. The minimum Gasteiger partial charge on any atom is -0.339 e. The van der Waals surface area contributed by atoms with Gasteiger partial charge in [-0.05, 0) is 55.7 Å². The van der Waals surface area contributed by atoms with Crippen molar-refractivity contribution in [3.05, 3.63) is 59.2 Å². The molecule has 0 aromatic heterocycles. The van der Waals surface area contributed by atoms with E-state index in [0.29, 0.717) is 11.4 Å². The van der Waals surface area contributed by atoms with E-state index in [-0.39, 0.29) is 6.54 Å². The van der Waals surface area contributed by atoms with Crippen molar-refractivity contribution in [2.45, 2.75) is 20.8 Å². The quantitative estimate of drug-likeness (QED) is 0.747. The van der Waals surface area contributed by atoms with Gasteiger partial charge < -0.3 is 16.0 Å². The molecular formula is C19H21N3O3. The van der Waals surface area contributed by atoms with Gasteiger partial charge in [0.25, 0.3) is 0 Å². The molecule has 0 unspecified atom stereocenters. The maximum Gasteiger partial charge on any atom is 0.313 e. The van der Waals surface area contributed by atoms with Crippen molar-refractivity contribution in [2.24, 2.45) is 0 Å². The van der Waals surface area contributed by atoms with Gasteiger partial charge in [0, 0.05) is 11.4 Å². The van der Waals surface area contributed by atoms with Crippen LogP contribution in [-0.4, -0.2) is 24.3 Å². The Labute approximate surface area is 146 Å². The Morgan fingerprint density at radius 1 is 0.800 bits per heavy atom. The Hall–Kier alpha value is -3.15. The Morgan fingerprint density at radius 3 is 2.20 bits per heavy atom. The third-order valence-corrected chi connectivity index (χ3v) is 3.80. The van der Waals surface area contributed by atoms with Crippen molar-refractivity contribution in [3.63, 3.8) is 0 Å². The van der Waals surface area contributed by atoms with Gasteiger partial charge in [0.15, 0.2) is 0 Å². The molecule has 3 N–H and O–H groups in total. The summed E-state index contributed by atoms with van der Waals surface area (Å²) in [7, 11) is 0. The third kappa shape index (κ3) is 5.17. The highest BCUT2D eigenvalue weighted by molar-refractivity contribution is 6.39. The lowest BCUT2D eigenvalue weighted by atomic mass is 10.1. The van der Waals surface area contributed by atoms with Crippen LogP contribution < -0.4 is 16.0 Å². The summed E-state index contributed by atoms with van der Waals surface area (Å²) in [5.74, 6) is -2.08. The monoisotopic (exact) mass is 339 g/mol. The fraction of sp³-hybridized carbons (Fsp3) is 0.211. The van der Waals surface area contributed by atoms with Crippen molar-refractivity contribution in [1.29, 1.82) is 0 Å². The number of anilines is 2. The van der Waals surface area contributed by atoms with Crippen molar-refractivity contribution >= 4 is 29.1 Å². The zero-order valence-corrected chi connectivity index (χ0v) is 14.5. The van der Waals surface area contributed by atoms with Gasteiger partial charge in [-0.2, -0.15) is 0 Å². The Balaban J connectivity index is 1.84. The minimum absolute atomic E-state index is 0.284. The number of amides is 3. The molecule has 25 heavy (non-hydrogen) atoms. The molecule has 0 heterocycles. The van der Waals surface area contributed by atoms with Gasteiger partial charge in [0.05, 0.1) is 6.54 Å². The van der Waals surface area contributed by atoms with Crippen molar-refractivity contribution in [2.75, 3.05) is 17.2 Å². The smallest absolute Gasteiger partial charge is 0.313 e. The summed E-state index contributed by atoms with van der Waals surface area (Å²) >= 11 is 0. The van der Waals surface area contributed by atoms with Crippen LogP contribution >= 0.6 is 0 Å². The standard InChI is InChI=1S/C19H21N3O3/c1-12-8-9-15(10-14(12)3)21-19(25)18(24)20-11-17(23)22-16-7-5-4-6-13(16)2/h4-10H,11H2,1-3H3,(H,20,24)(H,21,25)(H,22,23). The molecule has 2 rings (SSSR count). The van der Waals surface area contributed by atoms with Gasteiger partial charge >= 0.3 is 11.8 Å². The first-order valence-corrected chi connectivity index (χ1v) is 7.88. The maximum absolute atomic E-state index is 11.9. The zero-order chi connectivity index (χ0) is 18.4. The first-order valence-electron chi connectivity index (χ1n) is 7.88. The summed E-state index contributed by atoms with van der Waals surface area (Å²) < 4.78 is 0. The molecule has 2 aromatic rings. The van der Waals surface area contributed by atoms with Gasteiger partial charge in [-0.15, -0.1) is 0 Å². The molecule has 0 saturated carbocycles. The van der Waals surface area contributed by atoms with E-state index in [4.69, 9.17) is 0 Å².